The van der Waals surface area contributed by atoms with Crippen molar-refractivity contribution in [2.24, 2.45) is 0 Å². The van der Waals surface area contributed by atoms with Gasteiger partial charge in [-0.25, -0.2) is 13.2 Å². The fraction of sp³-hybridized carbons (Fsp3) is 0. The van der Waals surface area contributed by atoms with E-state index in [0.29, 0.717) is 5.56 Å². The van der Waals surface area contributed by atoms with E-state index in [2.05, 4.69) is 5.32 Å². The Morgan fingerprint density at radius 1 is 0.591 bits per heavy atom. The van der Waals surface area contributed by atoms with E-state index in [4.69, 9.17) is 0 Å². The minimum Gasteiger partial charge on any atom is -0.351 e. The molecule has 0 heterocycles. The van der Waals surface area contributed by atoms with Gasteiger partial charge in [-0.2, -0.15) is 0 Å². The fourth-order valence-corrected chi connectivity index (χ4v) is 2.15. The minimum atomic E-state index is -0.492. The van der Waals surface area contributed by atoms with Crippen molar-refractivity contribution in [3.63, 3.8) is 0 Å². The first-order chi connectivity index (χ1) is 10.6. The zero-order chi connectivity index (χ0) is 15.5. The maximum absolute atomic E-state index is 13.9. The lowest BCUT2D eigenvalue weighted by Crippen LogP contribution is -1.96. The van der Waals surface area contributed by atoms with Crippen LogP contribution in [0.5, 0.6) is 0 Å². The molecule has 0 saturated carbocycles. The molecule has 0 aliphatic rings. The van der Waals surface area contributed by atoms with Gasteiger partial charge >= 0.3 is 0 Å². The molecule has 0 atom stereocenters. The minimum absolute atomic E-state index is 0.159. The molecule has 0 radical (unpaired) electrons. The molecule has 0 amide bonds. The highest BCUT2D eigenvalue weighted by Gasteiger charge is 2.08. The van der Waals surface area contributed by atoms with Crippen molar-refractivity contribution >= 4 is 11.4 Å². The second-order valence-corrected chi connectivity index (χ2v) is 4.81. The van der Waals surface area contributed by atoms with E-state index in [9.17, 15) is 13.2 Å². The van der Waals surface area contributed by atoms with Crippen molar-refractivity contribution in [2.45, 2.75) is 0 Å². The Morgan fingerprint density at radius 2 is 1.23 bits per heavy atom. The molecule has 110 valence electrons. The molecule has 4 heteroatoms. The van der Waals surface area contributed by atoms with Crippen molar-refractivity contribution in [3.05, 3.63) is 84.2 Å². The lowest BCUT2D eigenvalue weighted by atomic mass is 10.0. The molecule has 0 saturated heterocycles. The van der Waals surface area contributed by atoms with E-state index in [0.717, 1.165) is 5.56 Å². The fourth-order valence-electron chi connectivity index (χ4n) is 2.15. The molecule has 3 rings (SSSR count). The van der Waals surface area contributed by atoms with Crippen molar-refractivity contribution < 1.29 is 13.2 Å². The van der Waals surface area contributed by atoms with E-state index in [1.54, 1.807) is 36.4 Å². The average molecular weight is 299 g/mol. The van der Waals surface area contributed by atoms with Gasteiger partial charge in [0.25, 0.3) is 0 Å². The van der Waals surface area contributed by atoms with E-state index >= 15 is 0 Å². The number of hydrogen-bond acceptors (Lipinski definition) is 1. The van der Waals surface area contributed by atoms with Crippen molar-refractivity contribution in [1.29, 1.82) is 0 Å². The summed E-state index contributed by atoms with van der Waals surface area (Å²) in [7, 11) is 0. The van der Waals surface area contributed by atoms with Crippen LogP contribution in [0.2, 0.25) is 0 Å². The largest absolute Gasteiger partial charge is 0.351 e. The number of nitrogens with one attached hydrogen (secondary N) is 1. The number of rotatable bonds is 3. The average Bonchev–Trinajstić information content (AvgIpc) is 2.52. The molecule has 0 unspecified atom stereocenters. The van der Waals surface area contributed by atoms with Crippen LogP contribution in [0.1, 0.15) is 0 Å². The molecule has 0 bridgehead atoms. The maximum atomic E-state index is 13.9. The van der Waals surface area contributed by atoms with Crippen molar-refractivity contribution in [3.8, 4) is 11.1 Å². The summed E-state index contributed by atoms with van der Waals surface area (Å²) in [5.41, 5.74) is 1.81. The second-order valence-electron chi connectivity index (χ2n) is 4.81. The molecular weight excluding hydrogens is 287 g/mol. The number of halogens is 3. The summed E-state index contributed by atoms with van der Waals surface area (Å²) in [6.45, 7) is 0. The van der Waals surface area contributed by atoms with Gasteiger partial charge in [-0.3, -0.25) is 0 Å². The van der Waals surface area contributed by atoms with Gasteiger partial charge in [0.15, 0.2) is 0 Å². The van der Waals surface area contributed by atoms with Crippen LogP contribution in [0.15, 0.2) is 66.7 Å². The molecule has 0 aliphatic carbocycles. The van der Waals surface area contributed by atoms with Crippen LogP contribution >= 0.6 is 0 Å². The van der Waals surface area contributed by atoms with E-state index in [-0.39, 0.29) is 17.2 Å². The normalized spacial score (nSPS) is 10.5. The van der Waals surface area contributed by atoms with Crippen molar-refractivity contribution in [1.82, 2.24) is 0 Å². The molecule has 3 aromatic carbocycles. The highest BCUT2D eigenvalue weighted by Crippen LogP contribution is 2.28. The quantitative estimate of drug-likeness (QED) is 0.672. The van der Waals surface area contributed by atoms with E-state index in [1.807, 2.05) is 0 Å². The van der Waals surface area contributed by atoms with Gasteiger partial charge in [-0.15, -0.1) is 0 Å². The third-order valence-electron chi connectivity index (χ3n) is 3.29. The van der Waals surface area contributed by atoms with Crippen LogP contribution in [0.3, 0.4) is 0 Å². The Labute approximate surface area is 126 Å². The third-order valence-corrected chi connectivity index (χ3v) is 3.29. The lowest BCUT2D eigenvalue weighted by molar-refractivity contribution is 0.625. The Hall–Kier alpha value is -2.75. The zero-order valence-electron chi connectivity index (χ0n) is 11.5. The van der Waals surface area contributed by atoms with Gasteiger partial charge in [0.1, 0.15) is 17.5 Å². The summed E-state index contributed by atoms with van der Waals surface area (Å²) in [6, 6.07) is 16.4. The van der Waals surface area contributed by atoms with Crippen LogP contribution in [0.25, 0.3) is 11.1 Å². The predicted molar refractivity (Wildman–Crippen MR) is 81.5 cm³/mol. The number of para-hydroxylation sites is 1. The summed E-state index contributed by atoms with van der Waals surface area (Å²) in [6.07, 6.45) is 0. The summed E-state index contributed by atoms with van der Waals surface area (Å²) in [4.78, 5) is 0. The molecule has 1 N–H and O–H groups in total. The zero-order valence-corrected chi connectivity index (χ0v) is 11.5. The Bertz CT molecular complexity index is 798. The van der Waals surface area contributed by atoms with Gasteiger partial charge in [0.2, 0.25) is 0 Å². The smallest absolute Gasteiger partial charge is 0.146 e. The Balaban J connectivity index is 1.97. The van der Waals surface area contributed by atoms with Gasteiger partial charge in [-0.1, -0.05) is 30.3 Å². The monoisotopic (exact) mass is 299 g/mol. The maximum Gasteiger partial charge on any atom is 0.146 e. The first-order valence-corrected chi connectivity index (χ1v) is 6.70. The molecule has 3 aromatic rings. The Kier molecular flexibility index (Phi) is 3.83. The molecular formula is C18H12F3N. The van der Waals surface area contributed by atoms with Crippen LogP contribution in [0.4, 0.5) is 24.5 Å². The molecule has 0 aliphatic heterocycles. The molecule has 0 aromatic heterocycles. The standard InChI is InChI=1S/C18H12F3N/c19-14-8-5-12(6-9-14)13-7-10-16(21)18(11-13)22-17-4-2-1-3-15(17)20/h1-11,22H. The summed E-state index contributed by atoms with van der Waals surface area (Å²) in [5.74, 6) is -1.29. The SMILES string of the molecule is Fc1ccc(-c2ccc(F)c(Nc3ccccc3F)c2)cc1. The van der Waals surface area contributed by atoms with Gasteiger partial charge in [0, 0.05) is 0 Å². The summed E-state index contributed by atoms with van der Waals surface area (Å²) in [5, 5.41) is 2.74. The first kappa shape index (κ1) is 14.2. The number of hydrogen-bond donors (Lipinski definition) is 1. The van der Waals surface area contributed by atoms with E-state index in [1.165, 1.54) is 30.3 Å². The van der Waals surface area contributed by atoms with Gasteiger partial charge in [-0.05, 0) is 47.5 Å². The number of anilines is 2. The second kappa shape index (κ2) is 5.93. The van der Waals surface area contributed by atoms with Crippen LogP contribution in [0, 0.1) is 17.5 Å². The lowest BCUT2D eigenvalue weighted by Gasteiger charge is -2.10. The van der Waals surface area contributed by atoms with Crippen molar-refractivity contribution in [2.75, 3.05) is 5.32 Å². The summed E-state index contributed by atoms with van der Waals surface area (Å²) >= 11 is 0. The predicted octanol–water partition coefficient (Wildman–Crippen LogP) is 5.51. The third kappa shape index (κ3) is 2.96. The molecule has 22 heavy (non-hydrogen) atoms. The highest BCUT2D eigenvalue weighted by atomic mass is 19.1. The van der Waals surface area contributed by atoms with Gasteiger partial charge < -0.3 is 5.32 Å². The Morgan fingerprint density at radius 3 is 1.95 bits per heavy atom. The molecule has 0 spiro atoms. The molecule has 1 nitrogen and oxygen atoms in total. The van der Waals surface area contributed by atoms with Crippen LogP contribution in [-0.2, 0) is 0 Å². The number of benzene rings is 3. The van der Waals surface area contributed by atoms with Gasteiger partial charge in [0.05, 0.1) is 11.4 Å². The molecule has 0 fully saturated rings. The van der Waals surface area contributed by atoms with Crippen LogP contribution < -0.4 is 5.32 Å². The first-order valence-electron chi connectivity index (χ1n) is 6.70. The summed E-state index contributed by atoms with van der Waals surface area (Å²) < 4.78 is 40.5. The topological polar surface area (TPSA) is 12.0 Å². The van der Waals surface area contributed by atoms with E-state index < -0.39 is 11.6 Å². The highest BCUT2D eigenvalue weighted by molar-refractivity contribution is 5.71. The van der Waals surface area contributed by atoms with Crippen LogP contribution in [-0.4, -0.2) is 0 Å².